The van der Waals surface area contributed by atoms with Crippen LogP contribution in [0, 0.1) is 0 Å². The average Bonchev–Trinajstić information content (AvgIpc) is 2.94. The van der Waals surface area contributed by atoms with Gasteiger partial charge in [-0.1, -0.05) is 167 Å². The molecular weight excluding hydrogens is 486 g/mol. The number of carbonyl (C=O) groups excluding carboxylic acids is 1. The fourth-order valence-corrected chi connectivity index (χ4v) is 5.12. The first kappa shape index (κ1) is 38.1. The van der Waals surface area contributed by atoms with Gasteiger partial charge in [0.05, 0.1) is 18.8 Å². The summed E-state index contributed by atoms with van der Waals surface area (Å²) in [5.74, 6) is -0.505. The Morgan fingerprint density at radius 2 is 1.00 bits per heavy atom. The van der Waals surface area contributed by atoms with Crippen LogP contribution in [0.25, 0.3) is 0 Å². The van der Waals surface area contributed by atoms with E-state index in [0.29, 0.717) is 6.42 Å². The van der Waals surface area contributed by atoms with E-state index in [1.165, 1.54) is 122 Å². The summed E-state index contributed by atoms with van der Waals surface area (Å²) in [7, 11) is 0. The Morgan fingerprint density at radius 1 is 0.615 bits per heavy atom. The molecule has 0 aromatic heterocycles. The first-order valence-electron chi connectivity index (χ1n) is 17.0. The zero-order valence-electron chi connectivity index (χ0n) is 26.0. The number of carbonyl (C=O) groups is 1. The van der Waals surface area contributed by atoms with Gasteiger partial charge >= 0.3 is 0 Å². The zero-order valence-corrected chi connectivity index (χ0v) is 26.0. The Balaban J connectivity index is 3.78. The van der Waals surface area contributed by atoms with Crippen LogP contribution in [0.5, 0.6) is 0 Å². The van der Waals surface area contributed by atoms with Crippen molar-refractivity contribution >= 4 is 5.91 Å². The third kappa shape index (κ3) is 25.8. The van der Waals surface area contributed by atoms with E-state index in [4.69, 9.17) is 0 Å². The topological polar surface area (TPSA) is 89.8 Å². The Labute approximate surface area is 242 Å². The van der Waals surface area contributed by atoms with Gasteiger partial charge in [-0.15, -0.1) is 0 Å². The number of hydrogen-bond acceptors (Lipinski definition) is 4. The van der Waals surface area contributed by atoms with E-state index in [1.807, 2.05) is 6.08 Å². The molecule has 0 saturated carbocycles. The Morgan fingerprint density at radius 3 is 1.41 bits per heavy atom. The van der Waals surface area contributed by atoms with Crippen LogP contribution in [0.1, 0.15) is 174 Å². The van der Waals surface area contributed by atoms with Crippen LogP contribution in [0.2, 0.25) is 0 Å². The van der Waals surface area contributed by atoms with Gasteiger partial charge in [0.15, 0.2) is 0 Å². The molecule has 0 aliphatic carbocycles. The van der Waals surface area contributed by atoms with E-state index in [-0.39, 0.29) is 6.61 Å². The van der Waals surface area contributed by atoms with Gasteiger partial charge in [-0.05, 0) is 19.3 Å². The molecule has 4 N–H and O–H groups in total. The molecule has 0 aliphatic heterocycles. The number of aliphatic hydroxyl groups excluding tert-OH is 3. The fraction of sp³-hybridized carbons (Fsp3) is 0.912. The highest BCUT2D eigenvalue weighted by molar-refractivity contribution is 5.80. The number of allylic oxidation sites excluding steroid dienone is 1. The van der Waals surface area contributed by atoms with Crippen LogP contribution in [0.4, 0.5) is 0 Å². The lowest BCUT2D eigenvalue weighted by Crippen LogP contribution is -2.48. The molecule has 0 bridgehead atoms. The molecular formula is C34H67NO4. The van der Waals surface area contributed by atoms with E-state index in [1.54, 1.807) is 6.08 Å². The molecule has 39 heavy (non-hydrogen) atoms. The molecule has 0 aromatic rings. The Bertz CT molecular complexity index is 539. The van der Waals surface area contributed by atoms with Gasteiger partial charge in [-0.2, -0.15) is 0 Å². The summed E-state index contributed by atoms with van der Waals surface area (Å²) in [4.78, 5) is 12.3. The highest BCUT2D eigenvalue weighted by atomic mass is 16.3. The van der Waals surface area contributed by atoms with E-state index in [2.05, 4.69) is 19.2 Å². The van der Waals surface area contributed by atoms with Crippen LogP contribution in [0.3, 0.4) is 0 Å². The minimum Gasteiger partial charge on any atom is -0.394 e. The van der Waals surface area contributed by atoms with Crippen molar-refractivity contribution in [3.8, 4) is 0 Å². The van der Waals surface area contributed by atoms with Gasteiger partial charge in [0, 0.05) is 0 Å². The number of rotatable bonds is 30. The maximum atomic E-state index is 12.3. The summed E-state index contributed by atoms with van der Waals surface area (Å²) in [6, 6.07) is -0.789. The number of hydrogen-bond donors (Lipinski definition) is 4. The summed E-state index contributed by atoms with van der Waals surface area (Å²) in [5.41, 5.74) is 0. The number of aliphatic hydroxyl groups is 3. The van der Waals surface area contributed by atoms with Crippen molar-refractivity contribution in [2.45, 2.75) is 193 Å². The van der Waals surface area contributed by atoms with E-state index in [0.717, 1.165) is 32.1 Å². The molecule has 1 amide bonds. The molecule has 0 aliphatic rings. The number of amides is 1. The maximum Gasteiger partial charge on any atom is 0.249 e. The Hall–Kier alpha value is -0.910. The van der Waals surface area contributed by atoms with Crippen molar-refractivity contribution in [3.05, 3.63) is 12.2 Å². The highest BCUT2D eigenvalue weighted by Crippen LogP contribution is 2.14. The summed E-state index contributed by atoms with van der Waals surface area (Å²) < 4.78 is 0. The second-order valence-corrected chi connectivity index (χ2v) is 11.7. The van der Waals surface area contributed by atoms with E-state index < -0.39 is 24.2 Å². The molecule has 0 heterocycles. The molecule has 0 radical (unpaired) electrons. The van der Waals surface area contributed by atoms with Crippen LogP contribution in [-0.4, -0.2) is 46.1 Å². The summed E-state index contributed by atoms with van der Waals surface area (Å²) in [6.45, 7) is 4.15. The normalized spacial score (nSPS) is 14.1. The van der Waals surface area contributed by atoms with Crippen molar-refractivity contribution < 1.29 is 20.1 Å². The van der Waals surface area contributed by atoms with Gasteiger partial charge in [0.25, 0.3) is 0 Å². The molecule has 3 unspecified atom stereocenters. The van der Waals surface area contributed by atoms with Crippen LogP contribution in [0.15, 0.2) is 12.2 Å². The molecule has 0 fully saturated rings. The van der Waals surface area contributed by atoms with Gasteiger partial charge in [0.1, 0.15) is 6.10 Å². The van der Waals surface area contributed by atoms with Gasteiger partial charge in [-0.25, -0.2) is 0 Å². The third-order valence-electron chi connectivity index (χ3n) is 7.88. The molecule has 0 aromatic carbocycles. The summed E-state index contributed by atoms with van der Waals surface area (Å²) in [5, 5.41) is 32.8. The van der Waals surface area contributed by atoms with Crippen LogP contribution >= 0.6 is 0 Å². The second-order valence-electron chi connectivity index (χ2n) is 11.7. The minimum absolute atomic E-state index is 0.360. The lowest BCUT2D eigenvalue weighted by atomic mass is 10.0. The average molecular weight is 554 g/mol. The molecule has 232 valence electrons. The largest absolute Gasteiger partial charge is 0.394 e. The predicted octanol–water partition coefficient (Wildman–Crippen LogP) is 8.53. The minimum atomic E-state index is -1.09. The van der Waals surface area contributed by atoms with Gasteiger partial charge in [0.2, 0.25) is 5.91 Å². The predicted molar refractivity (Wildman–Crippen MR) is 167 cm³/mol. The van der Waals surface area contributed by atoms with E-state index in [9.17, 15) is 20.1 Å². The van der Waals surface area contributed by atoms with Crippen LogP contribution in [-0.2, 0) is 4.79 Å². The summed E-state index contributed by atoms with van der Waals surface area (Å²) in [6.07, 6.45) is 32.2. The molecule has 5 heteroatoms. The van der Waals surface area contributed by atoms with Crippen molar-refractivity contribution in [1.29, 1.82) is 0 Å². The molecule has 0 spiro atoms. The summed E-state index contributed by atoms with van der Waals surface area (Å²) >= 11 is 0. The quantitative estimate of drug-likeness (QED) is 0.0530. The maximum absolute atomic E-state index is 12.3. The van der Waals surface area contributed by atoms with Crippen molar-refractivity contribution in [2.75, 3.05) is 6.61 Å². The third-order valence-corrected chi connectivity index (χ3v) is 7.88. The molecule has 5 nitrogen and oxygen atoms in total. The lowest BCUT2D eigenvalue weighted by molar-refractivity contribution is -0.131. The first-order valence-corrected chi connectivity index (χ1v) is 17.0. The second kappa shape index (κ2) is 30.1. The smallest absolute Gasteiger partial charge is 0.249 e. The zero-order chi connectivity index (χ0) is 28.8. The number of nitrogens with one attached hydrogen (secondary N) is 1. The highest BCUT2D eigenvalue weighted by Gasteiger charge is 2.22. The first-order chi connectivity index (χ1) is 19.1. The van der Waals surface area contributed by atoms with Crippen molar-refractivity contribution in [3.63, 3.8) is 0 Å². The monoisotopic (exact) mass is 554 g/mol. The number of unbranched alkanes of at least 4 members (excludes halogenated alkanes) is 22. The molecule has 0 rings (SSSR count). The fourth-order valence-electron chi connectivity index (χ4n) is 5.12. The van der Waals surface area contributed by atoms with Crippen molar-refractivity contribution in [1.82, 2.24) is 5.32 Å². The van der Waals surface area contributed by atoms with E-state index >= 15 is 0 Å². The van der Waals surface area contributed by atoms with Crippen LogP contribution < -0.4 is 5.32 Å². The lowest BCUT2D eigenvalue weighted by Gasteiger charge is -2.21. The SMILES string of the molecule is CCCCCCCCCCCCC/C=C/C(O)C(CO)NC(=O)C(O)CCCCCCCCCCCCCC. The standard InChI is InChI=1S/C34H67NO4/c1-3-5-7-9-11-13-15-17-19-20-22-24-26-28-32(37)31(30-36)35-34(39)33(38)29-27-25-23-21-18-16-14-12-10-8-6-4-2/h26,28,31-33,36-38H,3-25,27,29-30H2,1-2H3,(H,35,39)/b28-26+. The van der Waals surface area contributed by atoms with Gasteiger partial charge < -0.3 is 20.6 Å². The Kier molecular flexibility index (Phi) is 29.4. The molecule has 3 atom stereocenters. The van der Waals surface area contributed by atoms with Crippen molar-refractivity contribution in [2.24, 2.45) is 0 Å². The molecule has 0 saturated heterocycles. The van der Waals surface area contributed by atoms with Gasteiger partial charge in [-0.3, -0.25) is 4.79 Å².